The third-order valence-corrected chi connectivity index (χ3v) is 2.89. The Labute approximate surface area is 119 Å². The lowest BCUT2D eigenvalue weighted by molar-refractivity contribution is 0.0967. The van der Waals surface area contributed by atoms with Gasteiger partial charge in [0.05, 0.1) is 0 Å². The average Bonchev–Trinajstić information content (AvgIpc) is 2.42. The number of benzene rings is 2. The van der Waals surface area contributed by atoms with E-state index in [9.17, 15) is 9.59 Å². The number of halogens is 1. The number of imide groups is 1. The molecule has 3 amide bonds. The van der Waals surface area contributed by atoms with Crippen LogP contribution < -0.4 is 10.6 Å². The van der Waals surface area contributed by atoms with Crippen molar-refractivity contribution in [2.75, 3.05) is 5.32 Å². The van der Waals surface area contributed by atoms with Gasteiger partial charge in [0, 0.05) is 15.7 Å². The summed E-state index contributed by atoms with van der Waals surface area (Å²) in [4.78, 5) is 23.3. The molecule has 0 atom stereocenters. The zero-order chi connectivity index (χ0) is 13.7. The molecule has 0 aliphatic rings. The van der Waals surface area contributed by atoms with Gasteiger partial charge in [-0.25, -0.2) is 4.79 Å². The van der Waals surface area contributed by atoms with Gasteiger partial charge in [0.25, 0.3) is 5.91 Å². The van der Waals surface area contributed by atoms with Crippen LogP contribution in [-0.2, 0) is 0 Å². The Kier molecular flexibility index (Phi) is 4.30. The second-order valence-corrected chi connectivity index (χ2v) is 4.70. The van der Waals surface area contributed by atoms with E-state index < -0.39 is 11.9 Å². The van der Waals surface area contributed by atoms with Crippen molar-refractivity contribution in [1.29, 1.82) is 0 Å². The largest absolute Gasteiger partial charge is 0.326 e. The molecule has 0 saturated carbocycles. The summed E-state index contributed by atoms with van der Waals surface area (Å²) in [6.45, 7) is 0. The first-order valence-electron chi connectivity index (χ1n) is 5.58. The predicted octanol–water partition coefficient (Wildman–Crippen LogP) is 3.41. The summed E-state index contributed by atoms with van der Waals surface area (Å²) in [7, 11) is 0. The van der Waals surface area contributed by atoms with Crippen molar-refractivity contribution in [1.82, 2.24) is 5.32 Å². The van der Waals surface area contributed by atoms with Crippen LogP contribution in [0.15, 0.2) is 59.1 Å². The van der Waals surface area contributed by atoms with E-state index in [-0.39, 0.29) is 0 Å². The predicted molar refractivity (Wildman–Crippen MR) is 77.1 cm³/mol. The molecule has 2 aromatic carbocycles. The highest BCUT2D eigenvalue weighted by Gasteiger charge is 2.09. The highest BCUT2D eigenvalue weighted by atomic mass is 79.9. The molecule has 2 aromatic rings. The number of amides is 3. The number of urea groups is 1. The number of carbonyl (C=O) groups is 2. The van der Waals surface area contributed by atoms with Crippen molar-refractivity contribution in [2.24, 2.45) is 0 Å². The maximum atomic E-state index is 11.7. The fraction of sp³-hybridized carbons (Fsp3) is 0. The molecular formula is C14H11BrN2O2. The third kappa shape index (κ3) is 3.93. The van der Waals surface area contributed by atoms with Crippen LogP contribution in [-0.4, -0.2) is 11.9 Å². The van der Waals surface area contributed by atoms with Crippen LogP contribution in [0.1, 0.15) is 10.4 Å². The second-order valence-electron chi connectivity index (χ2n) is 3.78. The van der Waals surface area contributed by atoms with E-state index in [0.29, 0.717) is 11.3 Å². The Morgan fingerprint density at radius 1 is 0.895 bits per heavy atom. The van der Waals surface area contributed by atoms with Crippen molar-refractivity contribution in [3.8, 4) is 0 Å². The fourth-order valence-electron chi connectivity index (χ4n) is 1.46. The van der Waals surface area contributed by atoms with E-state index >= 15 is 0 Å². The molecule has 0 saturated heterocycles. The molecule has 0 aliphatic heterocycles. The molecular weight excluding hydrogens is 308 g/mol. The van der Waals surface area contributed by atoms with Crippen LogP contribution in [0, 0.1) is 0 Å². The maximum Gasteiger partial charge on any atom is 0.326 e. The van der Waals surface area contributed by atoms with E-state index in [4.69, 9.17) is 0 Å². The summed E-state index contributed by atoms with van der Waals surface area (Å²) < 4.78 is 0.916. The smallest absolute Gasteiger partial charge is 0.308 e. The molecule has 4 nitrogen and oxygen atoms in total. The zero-order valence-electron chi connectivity index (χ0n) is 9.89. The van der Waals surface area contributed by atoms with Gasteiger partial charge in [-0.2, -0.15) is 0 Å². The first-order valence-corrected chi connectivity index (χ1v) is 6.37. The molecule has 0 aromatic heterocycles. The van der Waals surface area contributed by atoms with Gasteiger partial charge in [-0.15, -0.1) is 0 Å². The topological polar surface area (TPSA) is 58.2 Å². The van der Waals surface area contributed by atoms with Gasteiger partial charge in [0.15, 0.2) is 0 Å². The monoisotopic (exact) mass is 318 g/mol. The number of carbonyl (C=O) groups excluding carboxylic acids is 2. The van der Waals surface area contributed by atoms with Crippen LogP contribution in [0.4, 0.5) is 10.5 Å². The Hall–Kier alpha value is -2.14. The lowest BCUT2D eigenvalue weighted by atomic mass is 10.2. The summed E-state index contributed by atoms with van der Waals surface area (Å²) >= 11 is 3.30. The molecule has 2 rings (SSSR count). The van der Waals surface area contributed by atoms with E-state index in [1.165, 1.54) is 0 Å². The van der Waals surface area contributed by atoms with Gasteiger partial charge >= 0.3 is 6.03 Å². The van der Waals surface area contributed by atoms with Crippen molar-refractivity contribution in [3.63, 3.8) is 0 Å². The summed E-state index contributed by atoms with van der Waals surface area (Å²) in [6, 6.07) is 15.1. The van der Waals surface area contributed by atoms with Crippen LogP contribution in [0.5, 0.6) is 0 Å². The van der Waals surface area contributed by atoms with E-state index in [1.54, 1.807) is 54.6 Å². The molecule has 5 heteroatoms. The molecule has 0 fully saturated rings. The number of hydrogen-bond donors (Lipinski definition) is 2. The van der Waals surface area contributed by atoms with Crippen molar-refractivity contribution in [2.45, 2.75) is 0 Å². The minimum atomic E-state index is -0.559. The summed E-state index contributed by atoms with van der Waals surface area (Å²) in [6.07, 6.45) is 0. The second kappa shape index (κ2) is 6.15. The van der Waals surface area contributed by atoms with Gasteiger partial charge in [0.1, 0.15) is 0 Å². The van der Waals surface area contributed by atoms with Crippen molar-refractivity contribution < 1.29 is 9.59 Å². The molecule has 0 unspecified atom stereocenters. The zero-order valence-corrected chi connectivity index (χ0v) is 11.5. The third-order valence-electron chi connectivity index (χ3n) is 2.37. The minimum Gasteiger partial charge on any atom is -0.308 e. The van der Waals surface area contributed by atoms with Crippen LogP contribution in [0.2, 0.25) is 0 Å². The summed E-state index contributed by atoms with van der Waals surface area (Å²) in [5, 5.41) is 4.84. The van der Waals surface area contributed by atoms with Gasteiger partial charge in [-0.3, -0.25) is 10.1 Å². The van der Waals surface area contributed by atoms with Gasteiger partial charge in [-0.05, 0) is 36.4 Å². The van der Waals surface area contributed by atoms with Crippen LogP contribution in [0.25, 0.3) is 0 Å². The Balaban J connectivity index is 1.95. The molecule has 0 radical (unpaired) electrons. The molecule has 96 valence electrons. The normalized spacial score (nSPS) is 9.74. The van der Waals surface area contributed by atoms with Crippen LogP contribution >= 0.6 is 15.9 Å². The maximum absolute atomic E-state index is 11.7. The van der Waals surface area contributed by atoms with Gasteiger partial charge in [0.2, 0.25) is 0 Å². The van der Waals surface area contributed by atoms with E-state index in [0.717, 1.165) is 4.47 Å². The Bertz CT molecular complexity index is 582. The number of rotatable bonds is 2. The van der Waals surface area contributed by atoms with Gasteiger partial charge in [-0.1, -0.05) is 34.1 Å². The lowest BCUT2D eigenvalue weighted by Crippen LogP contribution is -2.34. The summed E-state index contributed by atoms with van der Waals surface area (Å²) in [5.41, 5.74) is 1.05. The standard InChI is InChI=1S/C14H11BrN2O2/c15-11-6-8-12(9-7-11)16-14(19)17-13(18)10-4-2-1-3-5-10/h1-9H,(H2,16,17,18,19). The van der Waals surface area contributed by atoms with E-state index in [2.05, 4.69) is 26.6 Å². The average molecular weight is 319 g/mol. The molecule has 0 spiro atoms. The van der Waals surface area contributed by atoms with E-state index in [1.807, 2.05) is 0 Å². The summed E-state index contributed by atoms with van der Waals surface area (Å²) in [5.74, 6) is -0.435. The fourth-order valence-corrected chi connectivity index (χ4v) is 1.72. The number of nitrogens with one attached hydrogen (secondary N) is 2. The lowest BCUT2D eigenvalue weighted by Gasteiger charge is -2.06. The highest BCUT2D eigenvalue weighted by Crippen LogP contribution is 2.13. The number of anilines is 1. The first kappa shape index (κ1) is 13.3. The molecule has 0 bridgehead atoms. The van der Waals surface area contributed by atoms with Crippen molar-refractivity contribution in [3.05, 3.63) is 64.6 Å². The minimum absolute atomic E-state index is 0.435. The quantitative estimate of drug-likeness (QED) is 0.891. The van der Waals surface area contributed by atoms with Crippen molar-refractivity contribution >= 4 is 33.6 Å². The molecule has 2 N–H and O–H groups in total. The van der Waals surface area contributed by atoms with Crippen LogP contribution in [0.3, 0.4) is 0 Å². The Morgan fingerprint density at radius 3 is 2.16 bits per heavy atom. The Morgan fingerprint density at radius 2 is 1.53 bits per heavy atom. The first-order chi connectivity index (χ1) is 9.15. The SMILES string of the molecule is O=C(NC(=O)c1ccccc1)Nc1ccc(Br)cc1. The van der Waals surface area contributed by atoms with Gasteiger partial charge < -0.3 is 5.32 Å². The number of hydrogen-bond acceptors (Lipinski definition) is 2. The molecule has 0 heterocycles. The molecule has 0 aliphatic carbocycles. The highest BCUT2D eigenvalue weighted by molar-refractivity contribution is 9.10. The molecule has 19 heavy (non-hydrogen) atoms.